The van der Waals surface area contributed by atoms with Gasteiger partial charge >= 0.3 is 0 Å². The largest absolute Gasteiger partial charge is 0.370 e. The van der Waals surface area contributed by atoms with Crippen LogP contribution in [-0.2, 0) is 0 Å². The van der Waals surface area contributed by atoms with Crippen molar-refractivity contribution in [2.45, 2.75) is 18.4 Å². The monoisotopic (exact) mass is 486 g/mol. The number of benzene rings is 1. The Bertz CT molecular complexity index is 791. The molecule has 1 aliphatic heterocycles. The summed E-state index contributed by atoms with van der Waals surface area (Å²) in [4.78, 5) is 17.1. The summed E-state index contributed by atoms with van der Waals surface area (Å²) in [7, 11) is 0. The molecule has 0 amide bonds. The number of aliphatic imine (C=N–C) groups is 1. The molecule has 2 fully saturated rings. The summed E-state index contributed by atoms with van der Waals surface area (Å²) in [6.45, 7) is 2.91. The van der Waals surface area contributed by atoms with Crippen molar-refractivity contribution in [1.29, 1.82) is 0 Å². The van der Waals surface area contributed by atoms with Gasteiger partial charge in [0.05, 0.1) is 6.04 Å². The highest BCUT2D eigenvalue weighted by atomic mass is 127. The molecular weight excluding hydrogens is 465 g/mol. The summed E-state index contributed by atoms with van der Waals surface area (Å²) in [5.41, 5.74) is 6.25. The summed E-state index contributed by atoms with van der Waals surface area (Å²) in [5.74, 6) is -0.109. The number of aromatic nitrogens is 2. The van der Waals surface area contributed by atoms with Crippen LogP contribution in [0.4, 0.5) is 14.7 Å². The maximum atomic E-state index is 13.9. The van der Waals surface area contributed by atoms with Gasteiger partial charge in [-0.05, 0) is 24.6 Å². The molecule has 2 N–H and O–H groups in total. The van der Waals surface area contributed by atoms with Crippen molar-refractivity contribution in [3.63, 3.8) is 0 Å². The molecule has 144 valence electrons. The van der Waals surface area contributed by atoms with Crippen LogP contribution in [0.25, 0.3) is 0 Å². The van der Waals surface area contributed by atoms with Crippen molar-refractivity contribution in [1.82, 2.24) is 14.9 Å². The number of halogens is 3. The van der Waals surface area contributed by atoms with Gasteiger partial charge in [0.15, 0.2) is 5.96 Å². The molecule has 1 aromatic carbocycles. The molecule has 9 heteroatoms. The van der Waals surface area contributed by atoms with Crippen LogP contribution in [0.1, 0.15) is 17.9 Å². The molecule has 1 saturated heterocycles. The van der Waals surface area contributed by atoms with Crippen molar-refractivity contribution in [2.24, 2.45) is 10.7 Å². The zero-order valence-corrected chi connectivity index (χ0v) is 17.0. The van der Waals surface area contributed by atoms with Gasteiger partial charge in [-0.2, -0.15) is 0 Å². The van der Waals surface area contributed by atoms with E-state index in [-0.39, 0.29) is 41.5 Å². The smallest absolute Gasteiger partial charge is 0.225 e. The quantitative estimate of drug-likeness (QED) is 0.410. The molecule has 0 spiro atoms. The molecule has 27 heavy (non-hydrogen) atoms. The second kappa shape index (κ2) is 8.32. The van der Waals surface area contributed by atoms with Crippen LogP contribution in [0.3, 0.4) is 0 Å². The minimum absolute atomic E-state index is 0. The second-order valence-electron chi connectivity index (χ2n) is 6.56. The van der Waals surface area contributed by atoms with Gasteiger partial charge in [0.1, 0.15) is 11.6 Å². The molecule has 2 atom stereocenters. The Morgan fingerprint density at radius 1 is 1.04 bits per heavy atom. The maximum absolute atomic E-state index is 13.9. The lowest BCUT2D eigenvalue weighted by Crippen LogP contribution is -2.51. The van der Waals surface area contributed by atoms with Crippen LogP contribution < -0.4 is 10.6 Å². The third kappa shape index (κ3) is 4.28. The van der Waals surface area contributed by atoms with Gasteiger partial charge in [0.25, 0.3) is 0 Å². The number of anilines is 1. The van der Waals surface area contributed by atoms with Gasteiger partial charge in [0.2, 0.25) is 5.95 Å². The molecular formula is C18H21F2IN6. The number of hydrogen-bond donors (Lipinski definition) is 1. The fraction of sp³-hybridized carbons (Fsp3) is 0.389. The van der Waals surface area contributed by atoms with E-state index in [9.17, 15) is 8.78 Å². The average Bonchev–Trinajstić information content (AvgIpc) is 3.41. The topological polar surface area (TPSA) is 70.6 Å². The highest BCUT2D eigenvalue weighted by molar-refractivity contribution is 14.0. The molecule has 2 heterocycles. The Kier molecular flexibility index (Phi) is 6.08. The van der Waals surface area contributed by atoms with E-state index in [4.69, 9.17) is 5.73 Å². The Hall–Kier alpha value is -2.04. The Morgan fingerprint density at radius 2 is 1.67 bits per heavy atom. The van der Waals surface area contributed by atoms with E-state index < -0.39 is 11.6 Å². The number of hydrogen-bond acceptors (Lipinski definition) is 4. The molecule has 0 radical (unpaired) electrons. The predicted molar refractivity (Wildman–Crippen MR) is 110 cm³/mol. The Morgan fingerprint density at radius 3 is 2.30 bits per heavy atom. The molecule has 1 saturated carbocycles. The van der Waals surface area contributed by atoms with Crippen molar-refractivity contribution in [2.75, 3.05) is 31.1 Å². The molecule has 0 bridgehead atoms. The fourth-order valence-electron chi connectivity index (χ4n) is 3.34. The summed E-state index contributed by atoms with van der Waals surface area (Å²) in [6, 6.07) is 5.57. The SMILES string of the molecule is I.NC(=N[C@@H]1C[C@H]1c1c(F)cccc1F)N1CCN(c2ncccn2)CC1. The lowest BCUT2D eigenvalue weighted by Gasteiger charge is -2.35. The summed E-state index contributed by atoms with van der Waals surface area (Å²) >= 11 is 0. The lowest BCUT2D eigenvalue weighted by molar-refractivity contribution is 0.378. The van der Waals surface area contributed by atoms with Crippen LogP contribution in [-0.4, -0.2) is 53.0 Å². The molecule has 2 aromatic rings. The predicted octanol–water partition coefficient (Wildman–Crippen LogP) is 2.37. The third-order valence-electron chi connectivity index (χ3n) is 4.86. The van der Waals surface area contributed by atoms with Crippen molar-refractivity contribution < 1.29 is 8.78 Å². The van der Waals surface area contributed by atoms with E-state index in [1.165, 1.54) is 18.2 Å². The van der Waals surface area contributed by atoms with Crippen LogP contribution >= 0.6 is 24.0 Å². The average molecular weight is 486 g/mol. The van der Waals surface area contributed by atoms with Crippen molar-refractivity contribution in [3.05, 3.63) is 53.9 Å². The van der Waals surface area contributed by atoms with E-state index in [1.54, 1.807) is 18.5 Å². The van der Waals surface area contributed by atoms with Crippen LogP contribution in [0.15, 0.2) is 41.7 Å². The van der Waals surface area contributed by atoms with Gasteiger partial charge < -0.3 is 15.5 Å². The van der Waals surface area contributed by atoms with Gasteiger partial charge in [-0.1, -0.05) is 6.07 Å². The number of nitrogens with zero attached hydrogens (tertiary/aromatic N) is 5. The highest BCUT2D eigenvalue weighted by Crippen LogP contribution is 2.45. The van der Waals surface area contributed by atoms with E-state index in [0.29, 0.717) is 31.4 Å². The summed E-state index contributed by atoms with van der Waals surface area (Å²) < 4.78 is 27.7. The molecule has 2 aliphatic rings. The molecule has 6 nitrogen and oxygen atoms in total. The van der Waals surface area contributed by atoms with Crippen LogP contribution in [0.5, 0.6) is 0 Å². The number of rotatable bonds is 3. The van der Waals surface area contributed by atoms with Gasteiger partial charge in [0, 0.05) is 50.1 Å². The molecule has 1 aromatic heterocycles. The Balaban J connectivity index is 0.00000210. The van der Waals surface area contributed by atoms with E-state index in [0.717, 1.165) is 13.1 Å². The summed E-state index contributed by atoms with van der Waals surface area (Å²) in [5, 5.41) is 0. The van der Waals surface area contributed by atoms with Gasteiger partial charge in [-0.15, -0.1) is 24.0 Å². The Labute approximate surface area is 173 Å². The number of nitrogens with two attached hydrogens (primary N) is 1. The molecule has 1 aliphatic carbocycles. The standard InChI is InChI=1S/C18H20F2N6.HI/c19-13-3-1-4-14(20)16(13)12-11-15(12)24-17(21)25-7-9-26(10-8-25)18-22-5-2-6-23-18;/h1-6,12,15H,7-11H2,(H2,21,24);1H/t12-,15-;/m1./s1. The minimum atomic E-state index is -0.511. The van der Waals surface area contributed by atoms with E-state index in [2.05, 4.69) is 19.9 Å². The van der Waals surface area contributed by atoms with Crippen LogP contribution in [0.2, 0.25) is 0 Å². The highest BCUT2D eigenvalue weighted by Gasteiger charge is 2.42. The fourth-order valence-corrected chi connectivity index (χ4v) is 3.34. The molecule has 0 unspecified atom stereocenters. The first-order valence-corrected chi connectivity index (χ1v) is 8.67. The van der Waals surface area contributed by atoms with Gasteiger partial charge in [-0.25, -0.2) is 23.7 Å². The van der Waals surface area contributed by atoms with Gasteiger partial charge in [-0.3, -0.25) is 0 Å². The first-order chi connectivity index (χ1) is 12.6. The first kappa shape index (κ1) is 19.7. The van der Waals surface area contributed by atoms with Crippen molar-refractivity contribution >= 4 is 35.9 Å². The van der Waals surface area contributed by atoms with Crippen LogP contribution in [0, 0.1) is 11.6 Å². The zero-order chi connectivity index (χ0) is 18.1. The first-order valence-electron chi connectivity index (χ1n) is 8.67. The third-order valence-corrected chi connectivity index (χ3v) is 4.86. The maximum Gasteiger partial charge on any atom is 0.225 e. The minimum Gasteiger partial charge on any atom is -0.370 e. The number of piperazine rings is 1. The second-order valence-corrected chi connectivity index (χ2v) is 6.56. The number of guanidine groups is 1. The summed E-state index contributed by atoms with van der Waals surface area (Å²) in [6.07, 6.45) is 4.07. The van der Waals surface area contributed by atoms with Crippen molar-refractivity contribution in [3.8, 4) is 0 Å². The zero-order valence-electron chi connectivity index (χ0n) is 14.6. The van der Waals surface area contributed by atoms with E-state index in [1.807, 2.05) is 4.90 Å². The normalized spacial score (nSPS) is 22.4. The lowest BCUT2D eigenvalue weighted by atomic mass is 10.1. The molecule has 4 rings (SSSR count). The van der Waals surface area contributed by atoms with E-state index >= 15 is 0 Å².